The van der Waals surface area contributed by atoms with Crippen LogP contribution in [0.2, 0.25) is 0 Å². The van der Waals surface area contributed by atoms with Crippen molar-refractivity contribution in [2.24, 2.45) is 0 Å². The number of aromatic nitrogens is 2. The molecular formula is C21H19N3O3S2. The van der Waals surface area contributed by atoms with Gasteiger partial charge in [0, 0.05) is 11.4 Å². The molecule has 0 atom stereocenters. The highest BCUT2D eigenvalue weighted by Gasteiger charge is 2.16. The third kappa shape index (κ3) is 4.60. The van der Waals surface area contributed by atoms with Crippen LogP contribution in [0.3, 0.4) is 0 Å². The summed E-state index contributed by atoms with van der Waals surface area (Å²) >= 11 is 2.73. The number of furan rings is 1. The standard InChI is InChI=1S/C21H19N3O3S2/c1-14-10-17-19(29-14)23-21(24(20(17)26)12-16-8-5-9-27-16)28-13-18(25)22-11-15-6-3-2-4-7-15/h2-10H,11-13H2,1H3,(H,22,25). The fourth-order valence-corrected chi connectivity index (χ4v) is 4.65. The Morgan fingerprint density at radius 3 is 2.83 bits per heavy atom. The molecule has 4 rings (SSSR count). The van der Waals surface area contributed by atoms with E-state index in [4.69, 9.17) is 4.42 Å². The van der Waals surface area contributed by atoms with Crippen LogP contribution in [0, 0.1) is 6.92 Å². The molecule has 0 saturated carbocycles. The van der Waals surface area contributed by atoms with E-state index in [9.17, 15) is 9.59 Å². The lowest BCUT2D eigenvalue weighted by atomic mass is 10.2. The molecule has 148 valence electrons. The summed E-state index contributed by atoms with van der Waals surface area (Å²) in [6, 6.07) is 15.2. The molecule has 3 aromatic heterocycles. The van der Waals surface area contributed by atoms with Crippen LogP contribution in [0.25, 0.3) is 10.2 Å². The zero-order chi connectivity index (χ0) is 20.2. The van der Waals surface area contributed by atoms with Gasteiger partial charge < -0.3 is 9.73 Å². The molecule has 0 unspecified atom stereocenters. The Morgan fingerprint density at radius 1 is 1.24 bits per heavy atom. The molecule has 8 heteroatoms. The van der Waals surface area contributed by atoms with Crippen LogP contribution in [-0.4, -0.2) is 21.2 Å². The van der Waals surface area contributed by atoms with E-state index in [1.807, 2.05) is 49.4 Å². The number of amides is 1. The van der Waals surface area contributed by atoms with Crippen molar-refractivity contribution in [1.29, 1.82) is 0 Å². The van der Waals surface area contributed by atoms with E-state index < -0.39 is 0 Å². The van der Waals surface area contributed by atoms with Crippen molar-refractivity contribution in [2.75, 3.05) is 5.75 Å². The van der Waals surface area contributed by atoms with Crippen LogP contribution < -0.4 is 10.9 Å². The molecule has 0 aliphatic heterocycles. The van der Waals surface area contributed by atoms with Crippen LogP contribution in [-0.2, 0) is 17.9 Å². The van der Waals surface area contributed by atoms with E-state index in [1.165, 1.54) is 23.1 Å². The van der Waals surface area contributed by atoms with E-state index in [0.717, 1.165) is 10.4 Å². The first kappa shape index (κ1) is 19.5. The number of rotatable bonds is 7. The summed E-state index contributed by atoms with van der Waals surface area (Å²) < 4.78 is 6.98. The van der Waals surface area contributed by atoms with Gasteiger partial charge in [-0.2, -0.15) is 0 Å². The fraction of sp³-hybridized carbons (Fsp3) is 0.190. The molecule has 4 aromatic rings. The van der Waals surface area contributed by atoms with Crippen LogP contribution in [0.5, 0.6) is 0 Å². The van der Waals surface area contributed by atoms with Gasteiger partial charge in [0.1, 0.15) is 10.6 Å². The Bertz CT molecular complexity index is 1180. The average Bonchev–Trinajstić information content (AvgIpc) is 3.37. The SMILES string of the molecule is Cc1cc2c(=O)n(Cc3ccco3)c(SCC(=O)NCc3ccccc3)nc2s1. The summed E-state index contributed by atoms with van der Waals surface area (Å²) in [6.07, 6.45) is 1.57. The summed E-state index contributed by atoms with van der Waals surface area (Å²) in [7, 11) is 0. The van der Waals surface area contributed by atoms with Gasteiger partial charge in [-0.25, -0.2) is 4.98 Å². The second-order valence-electron chi connectivity index (χ2n) is 6.49. The van der Waals surface area contributed by atoms with Crippen molar-refractivity contribution >= 4 is 39.2 Å². The number of aryl methyl sites for hydroxylation is 1. The number of nitrogens with zero attached hydrogens (tertiary/aromatic N) is 2. The first-order valence-corrected chi connectivity index (χ1v) is 10.9. The first-order valence-electron chi connectivity index (χ1n) is 9.07. The van der Waals surface area contributed by atoms with Gasteiger partial charge in [0.05, 0.1) is 23.9 Å². The molecule has 0 bridgehead atoms. The Labute approximate surface area is 175 Å². The number of carbonyl (C=O) groups is 1. The summed E-state index contributed by atoms with van der Waals surface area (Å²) in [5, 5.41) is 4.00. The lowest BCUT2D eigenvalue weighted by Gasteiger charge is -2.11. The highest BCUT2D eigenvalue weighted by molar-refractivity contribution is 7.99. The number of fused-ring (bicyclic) bond motifs is 1. The van der Waals surface area contributed by atoms with E-state index >= 15 is 0 Å². The number of nitrogens with one attached hydrogen (secondary N) is 1. The number of carbonyl (C=O) groups excluding carboxylic acids is 1. The Morgan fingerprint density at radius 2 is 2.07 bits per heavy atom. The molecular weight excluding hydrogens is 406 g/mol. The van der Waals surface area contributed by atoms with Crippen molar-refractivity contribution in [2.45, 2.75) is 25.2 Å². The Hall–Kier alpha value is -2.84. The van der Waals surface area contributed by atoms with Crippen molar-refractivity contribution < 1.29 is 9.21 Å². The average molecular weight is 426 g/mol. The Balaban J connectivity index is 1.53. The lowest BCUT2D eigenvalue weighted by Crippen LogP contribution is -2.26. The van der Waals surface area contributed by atoms with E-state index in [0.29, 0.717) is 27.7 Å². The molecule has 0 radical (unpaired) electrons. The monoisotopic (exact) mass is 425 g/mol. The van der Waals surface area contributed by atoms with Crippen molar-refractivity contribution in [3.8, 4) is 0 Å². The fourth-order valence-electron chi connectivity index (χ4n) is 2.90. The molecule has 0 aliphatic carbocycles. The summed E-state index contributed by atoms with van der Waals surface area (Å²) in [5.74, 6) is 0.725. The maximum absolute atomic E-state index is 13.0. The zero-order valence-electron chi connectivity index (χ0n) is 15.8. The molecule has 3 heterocycles. The molecule has 0 saturated heterocycles. The molecule has 1 amide bonds. The maximum Gasteiger partial charge on any atom is 0.263 e. The number of hydrogen-bond acceptors (Lipinski definition) is 6. The molecule has 6 nitrogen and oxygen atoms in total. The largest absolute Gasteiger partial charge is 0.467 e. The minimum atomic E-state index is -0.122. The van der Waals surface area contributed by atoms with Crippen LogP contribution in [0.4, 0.5) is 0 Å². The molecule has 29 heavy (non-hydrogen) atoms. The van der Waals surface area contributed by atoms with Gasteiger partial charge in [-0.3, -0.25) is 14.2 Å². The number of thiophene rings is 1. The maximum atomic E-state index is 13.0. The smallest absolute Gasteiger partial charge is 0.263 e. The van der Waals surface area contributed by atoms with Gasteiger partial charge in [0.15, 0.2) is 5.16 Å². The van der Waals surface area contributed by atoms with Crippen molar-refractivity contribution in [3.05, 3.63) is 81.3 Å². The van der Waals surface area contributed by atoms with Crippen LogP contribution in [0.15, 0.2) is 69.2 Å². The van der Waals surface area contributed by atoms with Gasteiger partial charge >= 0.3 is 0 Å². The van der Waals surface area contributed by atoms with Crippen LogP contribution >= 0.6 is 23.1 Å². The highest BCUT2D eigenvalue weighted by atomic mass is 32.2. The zero-order valence-corrected chi connectivity index (χ0v) is 17.4. The van der Waals surface area contributed by atoms with Gasteiger partial charge in [-0.15, -0.1) is 11.3 Å². The minimum Gasteiger partial charge on any atom is -0.467 e. The quantitative estimate of drug-likeness (QED) is 0.360. The lowest BCUT2D eigenvalue weighted by molar-refractivity contribution is -0.118. The van der Waals surface area contributed by atoms with Gasteiger partial charge in [0.25, 0.3) is 5.56 Å². The molecule has 0 fully saturated rings. The predicted octanol–water partition coefficient (Wildman–Crippen LogP) is 3.82. The topological polar surface area (TPSA) is 77.1 Å². The van der Waals surface area contributed by atoms with Gasteiger partial charge in [-0.1, -0.05) is 42.1 Å². The van der Waals surface area contributed by atoms with Crippen LogP contribution in [0.1, 0.15) is 16.2 Å². The Kier molecular flexibility index (Phi) is 5.82. The minimum absolute atomic E-state index is 0.111. The third-order valence-corrected chi connectivity index (χ3v) is 6.22. The van der Waals surface area contributed by atoms with Gasteiger partial charge in [0.2, 0.25) is 5.91 Å². The highest BCUT2D eigenvalue weighted by Crippen LogP contribution is 2.24. The van der Waals surface area contributed by atoms with E-state index in [2.05, 4.69) is 10.3 Å². The summed E-state index contributed by atoms with van der Waals surface area (Å²) in [4.78, 5) is 31.7. The number of hydrogen-bond donors (Lipinski definition) is 1. The normalized spacial score (nSPS) is 11.1. The van der Waals surface area contributed by atoms with Crippen molar-refractivity contribution in [1.82, 2.24) is 14.9 Å². The first-order chi connectivity index (χ1) is 14.1. The predicted molar refractivity (Wildman–Crippen MR) is 115 cm³/mol. The van der Waals surface area contributed by atoms with Gasteiger partial charge in [-0.05, 0) is 30.7 Å². The molecule has 0 aliphatic rings. The number of benzene rings is 1. The second kappa shape index (κ2) is 8.67. The van der Waals surface area contributed by atoms with E-state index in [-0.39, 0.29) is 23.8 Å². The number of thioether (sulfide) groups is 1. The van der Waals surface area contributed by atoms with E-state index in [1.54, 1.807) is 16.9 Å². The third-order valence-electron chi connectivity index (χ3n) is 4.30. The molecule has 0 spiro atoms. The molecule has 1 aromatic carbocycles. The molecule has 1 N–H and O–H groups in total. The summed E-state index contributed by atoms with van der Waals surface area (Å²) in [6.45, 7) is 2.69. The van der Waals surface area contributed by atoms with Crippen molar-refractivity contribution in [3.63, 3.8) is 0 Å². The second-order valence-corrected chi connectivity index (χ2v) is 8.67. The summed E-state index contributed by atoms with van der Waals surface area (Å²) in [5.41, 5.74) is 0.914.